The molecule has 0 saturated heterocycles. The summed E-state index contributed by atoms with van der Waals surface area (Å²) in [6.07, 6.45) is 1.67. The fourth-order valence-corrected chi connectivity index (χ4v) is 2.35. The minimum atomic E-state index is 0.368. The summed E-state index contributed by atoms with van der Waals surface area (Å²) < 4.78 is 5.62. The highest BCUT2D eigenvalue weighted by Crippen LogP contribution is 2.33. The van der Waals surface area contributed by atoms with Crippen LogP contribution in [0.25, 0.3) is 11.5 Å². The first-order chi connectivity index (χ1) is 9.58. The molecule has 0 aliphatic carbocycles. The Bertz CT molecular complexity index is 549. The number of rotatable bonds is 6. The standard InChI is InChI=1S/C14H17Cl2N3O/c1-9(2)17-8-4-7-12-18-19-14(20-12)13-10(15)5-3-6-11(13)16/h3,5-6,9,17H,4,7-8H2,1-2H3. The van der Waals surface area contributed by atoms with Crippen molar-refractivity contribution in [2.75, 3.05) is 6.54 Å². The summed E-state index contributed by atoms with van der Waals surface area (Å²) in [7, 11) is 0. The zero-order chi connectivity index (χ0) is 14.5. The van der Waals surface area contributed by atoms with E-state index in [9.17, 15) is 0 Å². The van der Waals surface area contributed by atoms with Gasteiger partial charge in [0.2, 0.25) is 5.89 Å². The summed E-state index contributed by atoms with van der Waals surface area (Å²) in [6, 6.07) is 5.76. The Morgan fingerprint density at radius 1 is 1.20 bits per heavy atom. The van der Waals surface area contributed by atoms with Gasteiger partial charge in [0.25, 0.3) is 5.89 Å². The Labute approximate surface area is 128 Å². The fraction of sp³-hybridized carbons (Fsp3) is 0.429. The van der Waals surface area contributed by atoms with Crippen molar-refractivity contribution in [3.05, 3.63) is 34.1 Å². The van der Waals surface area contributed by atoms with Gasteiger partial charge < -0.3 is 9.73 Å². The molecule has 4 nitrogen and oxygen atoms in total. The number of hydrogen-bond acceptors (Lipinski definition) is 4. The lowest BCUT2D eigenvalue weighted by Crippen LogP contribution is -2.23. The first kappa shape index (κ1) is 15.3. The molecule has 20 heavy (non-hydrogen) atoms. The van der Waals surface area contributed by atoms with Gasteiger partial charge in [0.1, 0.15) is 0 Å². The molecule has 0 saturated carbocycles. The average Bonchev–Trinajstić information content (AvgIpc) is 2.83. The highest BCUT2D eigenvalue weighted by molar-refractivity contribution is 6.38. The van der Waals surface area contributed by atoms with Crippen molar-refractivity contribution in [1.29, 1.82) is 0 Å². The molecule has 0 bridgehead atoms. The molecular formula is C14H17Cl2N3O. The zero-order valence-electron chi connectivity index (χ0n) is 11.5. The van der Waals surface area contributed by atoms with Gasteiger partial charge >= 0.3 is 0 Å². The van der Waals surface area contributed by atoms with Crippen LogP contribution in [0.2, 0.25) is 10.0 Å². The highest BCUT2D eigenvalue weighted by Gasteiger charge is 2.15. The van der Waals surface area contributed by atoms with Crippen molar-refractivity contribution in [1.82, 2.24) is 15.5 Å². The summed E-state index contributed by atoms with van der Waals surface area (Å²) in [5.74, 6) is 0.967. The molecule has 1 aromatic heterocycles. The molecule has 108 valence electrons. The van der Waals surface area contributed by atoms with Crippen molar-refractivity contribution in [2.24, 2.45) is 0 Å². The van der Waals surface area contributed by atoms with E-state index in [0.717, 1.165) is 19.4 Å². The van der Waals surface area contributed by atoms with E-state index in [1.54, 1.807) is 18.2 Å². The fourth-order valence-electron chi connectivity index (χ4n) is 1.79. The van der Waals surface area contributed by atoms with Gasteiger partial charge in [-0.15, -0.1) is 10.2 Å². The number of aromatic nitrogens is 2. The Morgan fingerprint density at radius 2 is 1.90 bits per heavy atom. The maximum absolute atomic E-state index is 6.11. The molecule has 0 radical (unpaired) electrons. The topological polar surface area (TPSA) is 51.0 Å². The van der Waals surface area contributed by atoms with Gasteiger partial charge in [-0.3, -0.25) is 0 Å². The lowest BCUT2D eigenvalue weighted by atomic mass is 10.2. The lowest BCUT2D eigenvalue weighted by Gasteiger charge is -2.05. The maximum atomic E-state index is 6.11. The zero-order valence-corrected chi connectivity index (χ0v) is 13.0. The maximum Gasteiger partial charge on any atom is 0.250 e. The highest BCUT2D eigenvalue weighted by atomic mass is 35.5. The largest absolute Gasteiger partial charge is 0.421 e. The van der Waals surface area contributed by atoms with E-state index < -0.39 is 0 Å². The monoisotopic (exact) mass is 313 g/mol. The van der Waals surface area contributed by atoms with E-state index in [-0.39, 0.29) is 0 Å². The summed E-state index contributed by atoms with van der Waals surface area (Å²) >= 11 is 12.2. The molecule has 0 fully saturated rings. The minimum Gasteiger partial charge on any atom is -0.421 e. The van der Waals surface area contributed by atoms with Crippen LogP contribution < -0.4 is 5.32 Å². The number of nitrogens with one attached hydrogen (secondary N) is 1. The molecule has 2 aromatic rings. The van der Waals surface area contributed by atoms with Gasteiger partial charge in [-0.25, -0.2) is 0 Å². The van der Waals surface area contributed by atoms with E-state index >= 15 is 0 Å². The van der Waals surface area contributed by atoms with Gasteiger partial charge in [0.15, 0.2) is 0 Å². The van der Waals surface area contributed by atoms with E-state index in [1.165, 1.54) is 0 Å². The molecular weight excluding hydrogens is 297 g/mol. The lowest BCUT2D eigenvalue weighted by molar-refractivity contribution is 0.484. The predicted molar refractivity (Wildman–Crippen MR) is 81.2 cm³/mol. The van der Waals surface area contributed by atoms with Crippen molar-refractivity contribution in [3.8, 4) is 11.5 Å². The van der Waals surface area contributed by atoms with Crippen LogP contribution in [0.4, 0.5) is 0 Å². The van der Waals surface area contributed by atoms with Crippen molar-refractivity contribution < 1.29 is 4.42 Å². The van der Waals surface area contributed by atoms with Crippen LogP contribution in [-0.2, 0) is 6.42 Å². The van der Waals surface area contributed by atoms with Gasteiger partial charge in [-0.1, -0.05) is 43.1 Å². The number of aryl methyl sites for hydroxylation is 1. The molecule has 0 unspecified atom stereocenters. The smallest absolute Gasteiger partial charge is 0.250 e. The molecule has 0 spiro atoms. The second kappa shape index (κ2) is 7.07. The Balaban J connectivity index is 2.02. The van der Waals surface area contributed by atoms with Crippen molar-refractivity contribution >= 4 is 23.2 Å². The third-order valence-electron chi connectivity index (χ3n) is 2.76. The van der Waals surface area contributed by atoms with Crippen molar-refractivity contribution in [2.45, 2.75) is 32.7 Å². The van der Waals surface area contributed by atoms with E-state index in [1.807, 2.05) is 0 Å². The second-order valence-electron chi connectivity index (χ2n) is 4.81. The quantitative estimate of drug-likeness (QED) is 0.820. The van der Waals surface area contributed by atoms with Crippen LogP contribution in [0.1, 0.15) is 26.2 Å². The Morgan fingerprint density at radius 3 is 2.55 bits per heavy atom. The average molecular weight is 314 g/mol. The summed E-state index contributed by atoms with van der Waals surface area (Å²) in [5, 5.41) is 12.4. The van der Waals surface area contributed by atoms with Crippen LogP contribution in [0.15, 0.2) is 22.6 Å². The van der Waals surface area contributed by atoms with Gasteiger partial charge in [0.05, 0.1) is 15.6 Å². The summed E-state index contributed by atoms with van der Waals surface area (Å²) in [5.41, 5.74) is 0.592. The van der Waals surface area contributed by atoms with Crippen LogP contribution in [0.3, 0.4) is 0 Å². The normalized spacial score (nSPS) is 11.2. The number of hydrogen-bond donors (Lipinski definition) is 1. The minimum absolute atomic E-state index is 0.368. The molecule has 1 N–H and O–H groups in total. The second-order valence-corrected chi connectivity index (χ2v) is 5.62. The van der Waals surface area contributed by atoms with E-state index in [2.05, 4.69) is 29.4 Å². The van der Waals surface area contributed by atoms with E-state index in [0.29, 0.717) is 33.4 Å². The van der Waals surface area contributed by atoms with Crippen LogP contribution in [0.5, 0.6) is 0 Å². The SMILES string of the molecule is CC(C)NCCCc1nnc(-c2c(Cl)cccc2Cl)o1. The van der Waals surface area contributed by atoms with Crippen LogP contribution in [-0.4, -0.2) is 22.8 Å². The third kappa shape index (κ3) is 3.95. The molecule has 0 atom stereocenters. The summed E-state index contributed by atoms with van der Waals surface area (Å²) in [6.45, 7) is 5.15. The van der Waals surface area contributed by atoms with Gasteiger partial charge in [-0.05, 0) is 25.1 Å². The number of nitrogens with zero attached hydrogens (tertiary/aromatic N) is 2. The van der Waals surface area contributed by atoms with Crippen LogP contribution >= 0.6 is 23.2 Å². The first-order valence-electron chi connectivity index (χ1n) is 6.58. The first-order valence-corrected chi connectivity index (χ1v) is 7.33. The molecule has 0 aliphatic rings. The predicted octanol–water partition coefficient (Wildman–Crippen LogP) is 3.97. The molecule has 6 heteroatoms. The van der Waals surface area contributed by atoms with E-state index in [4.69, 9.17) is 27.6 Å². The number of benzene rings is 1. The van der Waals surface area contributed by atoms with Crippen molar-refractivity contribution in [3.63, 3.8) is 0 Å². The summed E-state index contributed by atoms with van der Waals surface area (Å²) in [4.78, 5) is 0. The molecule has 1 aromatic carbocycles. The molecule has 0 amide bonds. The number of halogens is 2. The van der Waals surface area contributed by atoms with Gasteiger partial charge in [-0.2, -0.15) is 0 Å². The molecule has 2 rings (SSSR count). The van der Waals surface area contributed by atoms with Crippen LogP contribution in [0, 0.1) is 0 Å². The Hall–Kier alpha value is -1.10. The molecule has 0 aliphatic heterocycles. The molecule has 1 heterocycles. The third-order valence-corrected chi connectivity index (χ3v) is 3.39. The Kier molecular flexibility index (Phi) is 5.40. The van der Waals surface area contributed by atoms with Gasteiger partial charge in [0, 0.05) is 12.5 Å².